The fourth-order valence-electron chi connectivity index (χ4n) is 2.11. The highest BCUT2D eigenvalue weighted by Gasteiger charge is 2.19. The van der Waals surface area contributed by atoms with Gasteiger partial charge in [0.2, 0.25) is 0 Å². The van der Waals surface area contributed by atoms with Gasteiger partial charge in [-0.3, -0.25) is 0 Å². The van der Waals surface area contributed by atoms with Crippen LogP contribution in [0.5, 0.6) is 0 Å². The molecule has 2 N–H and O–H groups in total. The molecule has 0 spiro atoms. The quantitative estimate of drug-likeness (QED) is 0.619. The summed E-state index contributed by atoms with van der Waals surface area (Å²) in [7, 11) is 5.97. The minimum Gasteiger partial charge on any atom is -0.462 e. The molecule has 1 aromatic carbocycles. The molecule has 1 rings (SSSR count). The lowest BCUT2D eigenvalue weighted by Gasteiger charge is -2.24. The van der Waals surface area contributed by atoms with Crippen molar-refractivity contribution in [3.05, 3.63) is 22.7 Å². The Morgan fingerprint density at radius 2 is 1.95 bits per heavy atom. The van der Waals surface area contributed by atoms with Crippen LogP contribution in [-0.2, 0) is 4.74 Å². The van der Waals surface area contributed by atoms with Crippen LogP contribution in [0, 0.1) is 0 Å². The predicted octanol–water partition coefficient (Wildman–Crippen LogP) is 2.49. The Bertz CT molecular complexity index is 492. The van der Waals surface area contributed by atoms with Crippen molar-refractivity contribution in [2.24, 2.45) is 0 Å². The van der Waals surface area contributed by atoms with E-state index in [0.717, 1.165) is 19.5 Å². The van der Waals surface area contributed by atoms with Crippen LogP contribution in [-0.4, -0.2) is 51.7 Å². The average molecular weight is 314 g/mol. The van der Waals surface area contributed by atoms with Crippen LogP contribution in [0.2, 0.25) is 5.02 Å². The smallest absolute Gasteiger partial charge is 0.340 e. The molecule has 0 aromatic heterocycles. The van der Waals surface area contributed by atoms with E-state index in [1.807, 2.05) is 26.0 Å². The third-order valence-electron chi connectivity index (χ3n) is 3.06. The second-order valence-corrected chi connectivity index (χ2v) is 5.60. The molecule has 0 fully saturated rings. The second kappa shape index (κ2) is 8.10. The van der Waals surface area contributed by atoms with Crippen LogP contribution >= 0.6 is 11.6 Å². The summed E-state index contributed by atoms with van der Waals surface area (Å²) in [5.41, 5.74) is 7.32. The first-order valence-corrected chi connectivity index (χ1v) is 7.36. The highest BCUT2D eigenvalue weighted by molar-refractivity contribution is 6.34. The van der Waals surface area contributed by atoms with Crippen LogP contribution in [0.1, 0.15) is 23.7 Å². The summed E-state index contributed by atoms with van der Waals surface area (Å²) < 4.78 is 5.08. The number of nitrogen functional groups attached to an aromatic ring is 1. The summed E-state index contributed by atoms with van der Waals surface area (Å²) in [6.45, 7) is 3.83. The molecule has 0 aliphatic carbocycles. The molecule has 1 aromatic rings. The Morgan fingerprint density at radius 1 is 1.29 bits per heavy atom. The Morgan fingerprint density at radius 3 is 2.52 bits per heavy atom. The fourth-order valence-corrected chi connectivity index (χ4v) is 2.48. The van der Waals surface area contributed by atoms with Crippen LogP contribution in [0.15, 0.2) is 12.1 Å². The number of carbonyl (C=O) groups excluding carboxylic acids is 1. The highest BCUT2D eigenvalue weighted by atomic mass is 35.5. The molecular weight excluding hydrogens is 290 g/mol. The molecule has 0 heterocycles. The van der Waals surface area contributed by atoms with Gasteiger partial charge in [0.1, 0.15) is 0 Å². The molecule has 0 amide bonds. The number of ether oxygens (including phenoxy) is 1. The van der Waals surface area contributed by atoms with Crippen molar-refractivity contribution in [1.82, 2.24) is 4.90 Å². The molecule has 0 atom stereocenters. The number of benzene rings is 1. The van der Waals surface area contributed by atoms with Gasteiger partial charge in [-0.25, -0.2) is 4.79 Å². The van der Waals surface area contributed by atoms with E-state index in [0.29, 0.717) is 28.6 Å². The van der Waals surface area contributed by atoms with E-state index < -0.39 is 5.97 Å². The third kappa shape index (κ3) is 5.10. The number of hydrogen-bond acceptors (Lipinski definition) is 5. The van der Waals surface area contributed by atoms with Gasteiger partial charge in [0.25, 0.3) is 0 Å². The fraction of sp³-hybridized carbons (Fsp3) is 0.533. The van der Waals surface area contributed by atoms with Crippen molar-refractivity contribution in [1.29, 1.82) is 0 Å². The normalized spacial score (nSPS) is 10.8. The summed E-state index contributed by atoms with van der Waals surface area (Å²) in [5, 5.41) is 0.463. The van der Waals surface area contributed by atoms with Crippen molar-refractivity contribution in [2.75, 3.05) is 51.5 Å². The van der Waals surface area contributed by atoms with Gasteiger partial charge < -0.3 is 20.3 Å². The molecule has 6 heteroatoms. The lowest BCUT2D eigenvalue weighted by molar-refractivity contribution is 0.0527. The van der Waals surface area contributed by atoms with Gasteiger partial charge in [0, 0.05) is 19.3 Å². The van der Waals surface area contributed by atoms with Gasteiger partial charge in [-0.2, -0.15) is 0 Å². The zero-order chi connectivity index (χ0) is 16.0. The number of hydrogen-bond donors (Lipinski definition) is 1. The lowest BCUT2D eigenvalue weighted by atomic mass is 10.1. The summed E-state index contributed by atoms with van der Waals surface area (Å²) in [6, 6.07) is 3.27. The third-order valence-corrected chi connectivity index (χ3v) is 3.35. The molecule has 0 saturated carbocycles. The largest absolute Gasteiger partial charge is 0.462 e. The molecule has 0 bridgehead atoms. The topological polar surface area (TPSA) is 58.8 Å². The zero-order valence-electron chi connectivity index (χ0n) is 13.1. The zero-order valence-corrected chi connectivity index (χ0v) is 13.9. The first-order chi connectivity index (χ1) is 9.86. The molecule has 0 aliphatic rings. The standard InChI is InChI=1S/C15H24ClN3O2/c1-5-21-15(20)12-9-11(17)10-13(16)14(12)19(4)8-6-7-18(2)3/h9-10H,5-8,17H2,1-4H3. The van der Waals surface area contributed by atoms with E-state index in [1.54, 1.807) is 19.1 Å². The van der Waals surface area contributed by atoms with Gasteiger partial charge in [-0.1, -0.05) is 11.6 Å². The van der Waals surface area contributed by atoms with E-state index in [1.165, 1.54) is 0 Å². The first-order valence-electron chi connectivity index (χ1n) is 6.98. The number of halogens is 1. The van der Waals surface area contributed by atoms with E-state index in [-0.39, 0.29) is 0 Å². The molecule has 0 aliphatic heterocycles. The maximum absolute atomic E-state index is 12.1. The van der Waals surface area contributed by atoms with Crippen LogP contribution in [0.4, 0.5) is 11.4 Å². The first kappa shape index (κ1) is 17.6. The Labute approximate surface area is 131 Å². The van der Waals surface area contributed by atoms with Crippen LogP contribution in [0.3, 0.4) is 0 Å². The highest BCUT2D eigenvalue weighted by Crippen LogP contribution is 2.32. The molecule has 118 valence electrons. The Kier molecular flexibility index (Phi) is 6.78. The van der Waals surface area contributed by atoms with Gasteiger partial charge in [0.15, 0.2) is 0 Å². The maximum atomic E-state index is 12.1. The molecular formula is C15H24ClN3O2. The lowest BCUT2D eigenvalue weighted by Crippen LogP contribution is -2.25. The summed E-state index contributed by atoms with van der Waals surface area (Å²) >= 11 is 6.28. The van der Waals surface area contributed by atoms with E-state index in [9.17, 15) is 4.79 Å². The molecule has 0 radical (unpaired) electrons. The van der Waals surface area contributed by atoms with Gasteiger partial charge in [0.05, 0.1) is 22.9 Å². The number of rotatable bonds is 7. The minimum absolute atomic E-state index is 0.315. The predicted molar refractivity (Wildman–Crippen MR) is 88.3 cm³/mol. The van der Waals surface area contributed by atoms with Gasteiger partial charge >= 0.3 is 5.97 Å². The number of carbonyl (C=O) groups is 1. The molecule has 0 saturated heterocycles. The SMILES string of the molecule is CCOC(=O)c1cc(N)cc(Cl)c1N(C)CCCN(C)C. The minimum atomic E-state index is -0.402. The number of nitrogens with zero attached hydrogens (tertiary/aromatic N) is 2. The van der Waals surface area contributed by atoms with Gasteiger partial charge in [-0.05, 0) is 46.1 Å². The molecule has 0 unspecified atom stereocenters. The monoisotopic (exact) mass is 313 g/mol. The van der Waals surface area contributed by atoms with Crippen molar-refractivity contribution in [2.45, 2.75) is 13.3 Å². The van der Waals surface area contributed by atoms with Crippen molar-refractivity contribution >= 4 is 28.9 Å². The van der Waals surface area contributed by atoms with Crippen molar-refractivity contribution in [3.8, 4) is 0 Å². The molecule has 5 nitrogen and oxygen atoms in total. The molecule has 21 heavy (non-hydrogen) atoms. The van der Waals surface area contributed by atoms with Crippen molar-refractivity contribution in [3.63, 3.8) is 0 Å². The van der Waals surface area contributed by atoms with Crippen LogP contribution < -0.4 is 10.6 Å². The van der Waals surface area contributed by atoms with E-state index in [2.05, 4.69) is 4.90 Å². The Balaban J connectivity index is 3.00. The Hall–Kier alpha value is -1.46. The number of esters is 1. The van der Waals surface area contributed by atoms with E-state index in [4.69, 9.17) is 22.1 Å². The number of anilines is 2. The van der Waals surface area contributed by atoms with Gasteiger partial charge in [-0.15, -0.1) is 0 Å². The maximum Gasteiger partial charge on any atom is 0.340 e. The second-order valence-electron chi connectivity index (χ2n) is 5.20. The van der Waals surface area contributed by atoms with Crippen molar-refractivity contribution < 1.29 is 9.53 Å². The summed E-state index contributed by atoms with van der Waals surface area (Å²) in [5.74, 6) is -0.402. The van der Waals surface area contributed by atoms with Crippen LogP contribution in [0.25, 0.3) is 0 Å². The van der Waals surface area contributed by atoms with E-state index >= 15 is 0 Å². The number of nitrogens with two attached hydrogens (primary N) is 1. The summed E-state index contributed by atoms with van der Waals surface area (Å²) in [6.07, 6.45) is 0.965. The summed E-state index contributed by atoms with van der Waals surface area (Å²) in [4.78, 5) is 16.2. The average Bonchev–Trinajstić information content (AvgIpc) is 2.37.